The molecule has 0 spiro atoms. The summed E-state index contributed by atoms with van der Waals surface area (Å²) in [5, 5.41) is 0. The van der Waals surface area contributed by atoms with E-state index in [0.29, 0.717) is 11.4 Å². The molecule has 3 N–H and O–H groups in total. The van der Waals surface area contributed by atoms with Gasteiger partial charge >= 0.3 is 0 Å². The van der Waals surface area contributed by atoms with Gasteiger partial charge in [0.25, 0.3) is 5.91 Å². The van der Waals surface area contributed by atoms with Crippen molar-refractivity contribution in [2.45, 2.75) is 39.7 Å². The highest BCUT2D eigenvalue weighted by atomic mass is 16.2. The Labute approximate surface area is 108 Å². The number of nitrogens with two attached hydrogens (primary N) is 1. The fourth-order valence-corrected chi connectivity index (χ4v) is 2.07. The maximum Gasteiger partial charge on any atom is 0.254 e. The number of anilines is 1. The molecule has 18 heavy (non-hydrogen) atoms. The first-order chi connectivity index (χ1) is 8.53. The molecule has 1 aromatic heterocycles. The minimum absolute atomic E-state index is 0.00528. The lowest BCUT2D eigenvalue weighted by Crippen LogP contribution is -2.36. The largest absolute Gasteiger partial charge is 0.339 e. The summed E-state index contributed by atoms with van der Waals surface area (Å²) in [6.07, 6.45) is 1.90. The van der Waals surface area contributed by atoms with Crippen LogP contribution in [0.4, 0.5) is 5.82 Å². The van der Waals surface area contributed by atoms with Gasteiger partial charge in [-0.3, -0.25) is 4.79 Å². The molecular weight excluding hydrogens is 228 g/mol. The molecule has 0 fully saturated rings. The van der Waals surface area contributed by atoms with Crippen molar-refractivity contribution < 1.29 is 4.79 Å². The number of hydrogen-bond donors (Lipinski definition) is 2. The van der Waals surface area contributed by atoms with E-state index in [2.05, 4.69) is 24.3 Å². The van der Waals surface area contributed by atoms with Crippen LogP contribution in [0.5, 0.6) is 0 Å². The van der Waals surface area contributed by atoms with Gasteiger partial charge in [0.1, 0.15) is 5.82 Å². The number of pyridine rings is 1. The molecule has 0 bridgehead atoms. The molecule has 0 saturated heterocycles. The highest BCUT2D eigenvalue weighted by Gasteiger charge is 2.19. The molecule has 0 aliphatic rings. The van der Waals surface area contributed by atoms with Gasteiger partial charge in [-0.1, -0.05) is 13.8 Å². The molecule has 1 amide bonds. The zero-order chi connectivity index (χ0) is 13.7. The molecule has 5 heteroatoms. The number of nitrogen functional groups attached to an aromatic ring is 1. The smallest absolute Gasteiger partial charge is 0.254 e. The molecule has 1 aromatic rings. The van der Waals surface area contributed by atoms with Crippen LogP contribution in [0, 0.1) is 6.92 Å². The van der Waals surface area contributed by atoms with Gasteiger partial charge in [-0.15, -0.1) is 0 Å². The number of aryl methyl sites for hydroxylation is 1. The number of nitrogens with one attached hydrogen (secondary N) is 1. The molecule has 0 radical (unpaired) electrons. The van der Waals surface area contributed by atoms with Crippen LogP contribution in [0.15, 0.2) is 12.1 Å². The number of aromatic nitrogens is 1. The summed E-state index contributed by atoms with van der Waals surface area (Å²) in [6.45, 7) is 6.01. The summed E-state index contributed by atoms with van der Waals surface area (Å²) in [6, 6.07) is 3.72. The predicted octanol–water partition coefficient (Wildman–Crippen LogP) is 1.94. The van der Waals surface area contributed by atoms with Gasteiger partial charge in [0.15, 0.2) is 0 Å². The van der Waals surface area contributed by atoms with Gasteiger partial charge in [-0.25, -0.2) is 10.8 Å². The van der Waals surface area contributed by atoms with Crippen LogP contribution in [0.25, 0.3) is 0 Å². The standard InChI is InChI=1S/C13H22N4O/c1-5-11(6-2)17(4)13(18)10-7-9(3)15-12(8-10)16-14/h7-8,11H,5-6,14H2,1-4H3,(H,15,16). The zero-order valence-corrected chi connectivity index (χ0v) is 11.5. The van der Waals surface area contributed by atoms with E-state index in [-0.39, 0.29) is 11.9 Å². The second kappa shape index (κ2) is 6.35. The summed E-state index contributed by atoms with van der Waals surface area (Å²) in [4.78, 5) is 18.3. The lowest BCUT2D eigenvalue weighted by atomic mass is 10.1. The number of amides is 1. The number of nitrogens with zero attached hydrogens (tertiary/aromatic N) is 2. The second-order valence-corrected chi connectivity index (χ2v) is 4.41. The first-order valence-corrected chi connectivity index (χ1v) is 6.25. The Morgan fingerprint density at radius 2 is 2.06 bits per heavy atom. The van der Waals surface area contributed by atoms with Gasteiger partial charge in [0, 0.05) is 24.3 Å². The Morgan fingerprint density at radius 3 is 2.56 bits per heavy atom. The van der Waals surface area contributed by atoms with Crippen molar-refractivity contribution in [2.24, 2.45) is 5.84 Å². The highest BCUT2D eigenvalue weighted by Crippen LogP contribution is 2.14. The third-order valence-electron chi connectivity index (χ3n) is 3.16. The van der Waals surface area contributed by atoms with E-state index in [1.165, 1.54) is 0 Å². The normalized spacial score (nSPS) is 10.6. The maximum atomic E-state index is 12.4. The molecule has 0 aliphatic heterocycles. The number of rotatable bonds is 5. The lowest BCUT2D eigenvalue weighted by molar-refractivity contribution is 0.0723. The summed E-state index contributed by atoms with van der Waals surface area (Å²) in [5.74, 6) is 5.85. The van der Waals surface area contributed by atoms with Crippen LogP contribution in [0.2, 0.25) is 0 Å². The van der Waals surface area contributed by atoms with E-state index in [0.717, 1.165) is 18.5 Å². The Kier molecular flexibility index (Phi) is 5.09. The van der Waals surface area contributed by atoms with Gasteiger partial charge in [-0.05, 0) is 31.9 Å². The van der Waals surface area contributed by atoms with Crippen LogP contribution in [-0.2, 0) is 0 Å². The first kappa shape index (κ1) is 14.4. The molecule has 1 heterocycles. The molecule has 0 aromatic carbocycles. The fourth-order valence-electron chi connectivity index (χ4n) is 2.07. The Balaban J connectivity index is 2.99. The lowest BCUT2D eigenvalue weighted by Gasteiger charge is -2.26. The number of carbonyl (C=O) groups excluding carboxylic acids is 1. The van der Waals surface area contributed by atoms with E-state index < -0.39 is 0 Å². The average Bonchev–Trinajstić information content (AvgIpc) is 2.38. The first-order valence-electron chi connectivity index (χ1n) is 6.25. The van der Waals surface area contributed by atoms with E-state index in [4.69, 9.17) is 5.84 Å². The minimum Gasteiger partial charge on any atom is -0.339 e. The van der Waals surface area contributed by atoms with Crippen molar-refractivity contribution in [3.8, 4) is 0 Å². The van der Waals surface area contributed by atoms with E-state index in [1.54, 1.807) is 17.0 Å². The topological polar surface area (TPSA) is 71.2 Å². The maximum absolute atomic E-state index is 12.4. The predicted molar refractivity (Wildman–Crippen MR) is 73.2 cm³/mol. The van der Waals surface area contributed by atoms with E-state index in [9.17, 15) is 4.79 Å². The number of hydrogen-bond acceptors (Lipinski definition) is 4. The van der Waals surface area contributed by atoms with Gasteiger partial charge in [-0.2, -0.15) is 0 Å². The van der Waals surface area contributed by atoms with Gasteiger partial charge < -0.3 is 10.3 Å². The Hall–Kier alpha value is -1.62. The summed E-state index contributed by atoms with van der Waals surface area (Å²) < 4.78 is 0. The van der Waals surface area contributed by atoms with Crippen molar-refractivity contribution in [3.63, 3.8) is 0 Å². The van der Waals surface area contributed by atoms with Crippen LogP contribution >= 0.6 is 0 Å². The molecule has 1 rings (SSSR count). The third kappa shape index (κ3) is 3.20. The molecule has 0 aliphatic carbocycles. The monoisotopic (exact) mass is 250 g/mol. The van der Waals surface area contributed by atoms with Crippen molar-refractivity contribution in [1.82, 2.24) is 9.88 Å². The Morgan fingerprint density at radius 1 is 1.44 bits per heavy atom. The van der Waals surface area contributed by atoms with E-state index >= 15 is 0 Å². The molecule has 0 unspecified atom stereocenters. The van der Waals surface area contributed by atoms with E-state index in [1.807, 2.05) is 14.0 Å². The van der Waals surface area contributed by atoms with Crippen molar-refractivity contribution >= 4 is 11.7 Å². The van der Waals surface area contributed by atoms with Crippen molar-refractivity contribution in [1.29, 1.82) is 0 Å². The van der Waals surface area contributed by atoms with Gasteiger partial charge in [0.05, 0.1) is 0 Å². The van der Waals surface area contributed by atoms with Crippen LogP contribution < -0.4 is 11.3 Å². The average molecular weight is 250 g/mol. The summed E-state index contributed by atoms with van der Waals surface area (Å²) in [7, 11) is 1.84. The zero-order valence-electron chi connectivity index (χ0n) is 11.5. The van der Waals surface area contributed by atoms with Crippen LogP contribution in [-0.4, -0.2) is 28.9 Å². The third-order valence-corrected chi connectivity index (χ3v) is 3.16. The van der Waals surface area contributed by atoms with Crippen molar-refractivity contribution in [3.05, 3.63) is 23.4 Å². The molecule has 5 nitrogen and oxygen atoms in total. The van der Waals surface area contributed by atoms with Crippen LogP contribution in [0.1, 0.15) is 42.7 Å². The van der Waals surface area contributed by atoms with Gasteiger partial charge in [0.2, 0.25) is 0 Å². The SMILES string of the molecule is CCC(CC)N(C)C(=O)c1cc(C)nc(NN)c1. The molecule has 0 saturated carbocycles. The number of hydrazine groups is 1. The second-order valence-electron chi connectivity index (χ2n) is 4.41. The molecule has 100 valence electrons. The van der Waals surface area contributed by atoms with Crippen LogP contribution in [0.3, 0.4) is 0 Å². The molecular formula is C13H22N4O. The molecule has 0 atom stereocenters. The fraction of sp³-hybridized carbons (Fsp3) is 0.538. The Bertz CT molecular complexity index is 415. The minimum atomic E-state index is 0.00528. The van der Waals surface area contributed by atoms with Crippen molar-refractivity contribution in [2.75, 3.05) is 12.5 Å². The summed E-state index contributed by atoms with van der Waals surface area (Å²) in [5.41, 5.74) is 3.86. The highest BCUT2D eigenvalue weighted by molar-refractivity contribution is 5.95. The summed E-state index contributed by atoms with van der Waals surface area (Å²) >= 11 is 0. The quantitative estimate of drug-likeness (QED) is 0.619. The number of carbonyl (C=O) groups is 1.